The van der Waals surface area contributed by atoms with Gasteiger partial charge in [-0.3, -0.25) is 4.79 Å². The number of aromatic nitrogens is 2. The van der Waals surface area contributed by atoms with Crippen LogP contribution in [0.2, 0.25) is 0 Å². The van der Waals surface area contributed by atoms with Crippen molar-refractivity contribution in [3.63, 3.8) is 0 Å². The predicted octanol–water partition coefficient (Wildman–Crippen LogP) is 2.73. The largest absolute Gasteiger partial charge is 0.480 e. The van der Waals surface area contributed by atoms with E-state index in [1.165, 1.54) is 24.4 Å². The fourth-order valence-electron chi connectivity index (χ4n) is 2.14. The number of alkyl halides is 3. The monoisotopic (exact) mass is 355 g/mol. The molecule has 0 unspecified atom stereocenters. The number of amides is 1. The zero-order chi connectivity index (χ0) is 18.8. The average molecular weight is 355 g/mol. The van der Waals surface area contributed by atoms with Crippen LogP contribution in [0.15, 0.2) is 36.5 Å². The van der Waals surface area contributed by atoms with Gasteiger partial charge in [0.1, 0.15) is 6.04 Å². The summed E-state index contributed by atoms with van der Waals surface area (Å²) < 4.78 is 39.4. The summed E-state index contributed by atoms with van der Waals surface area (Å²) in [7, 11) is 0. The maximum atomic E-state index is 12.8. The first-order valence-electron chi connectivity index (χ1n) is 7.36. The molecule has 134 valence electrons. The predicted molar refractivity (Wildman–Crippen MR) is 82.3 cm³/mol. The summed E-state index contributed by atoms with van der Waals surface area (Å²) in [5, 5.41) is 15.3. The highest BCUT2D eigenvalue weighted by Crippen LogP contribution is 2.30. The van der Waals surface area contributed by atoms with Gasteiger partial charge in [0.15, 0.2) is 5.69 Å². The molecule has 2 N–H and O–H groups in total. The Morgan fingerprint density at radius 2 is 1.92 bits per heavy atom. The summed E-state index contributed by atoms with van der Waals surface area (Å²) in [6.45, 7) is 3.28. The Balaban J connectivity index is 2.23. The molecule has 1 heterocycles. The van der Waals surface area contributed by atoms with Crippen LogP contribution in [0, 0.1) is 5.92 Å². The van der Waals surface area contributed by atoms with Crippen LogP contribution in [0.5, 0.6) is 0 Å². The number of carbonyl (C=O) groups excluding carboxylic acids is 1. The summed E-state index contributed by atoms with van der Waals surface area (Å²) >= 11 is 0. The van der Waals surface area contributed by atoms with Crippen LogP contribution in [-0.4, -0.2) is 32.8 Å². The van der Waals surface area contributed by atoms with Crippen molar-refractivity contribution >= 4 is 11.9 Å². The molecule has 0 saturated carbocycles. The van der Waals surface area contributed by atoms with Gasteiger partial charge in [0.05, 0.1) is 11.3 Å². The van der Waals surface area contributed by atoms with Gasteiger partial charge in [-0.2, -0.15) is 18.3 Å². The standard InChI is InChI=1S/C16H16F3N3O3/c1-9(2)13(15(24)25)20-14(23)12-6-7-22(21-12)11-5-3-4-10(8-11)16(17,18)19/h3-9,13H,1-2H3,(H,20,23)(H,24,25)/t13-/m0/s1. The summed E-state index contributed by atoms with van der Waals surface area (Å²) in [5.41, 5.74) is -0.797. The molecule has 0 aliphatic rings. The average Bonchev–Trinajstić information content (AvgIpc) is 3.01. The second-order valence-electron chi connectivity index (χ2n) is 5.73. The third-order valence-corrected chi connectivity index (χ3v) is 3.48. The van der Waals surface area contributed by atoms with Crippen LogP contribution in [-0.2, 0) is 11.0 Å². The molecular weight excluding hydrogens is 339 g/mol. The van der Waals surface area contributed by atoms with Crippen LogP contribution >= 0.6 is 0 Å². The highest BCUT2D eigenvalue weighted by atomic mass is 19.4. The number of nitrogens with zero attached hydrogens (tertiary/aromatic N) is 2. The van der Waals surface area contributed by atoms with E-state index in [1.54, 1.807) is 13.8 Å². The normalized spacial score (nSPS) is 12.9. The Hall–Kier alpha value is -2.84. The fraction of sp³-hybridized carbons (Fsp3) is 0.312. The summed E-state index contributed by atoms with van der Waals surface area (Å²) in [4.78, 5) is 23.2. The SMILES string of the molecule is CC(C)[C@H](NC(=O)c1ccn(-c2cccc(C(F)(F)F)c2)n1)C(=O)O. The van der Waals surface area contributed by atoms with Crippen molar-refractivity contribution in [1.29, 1.82) is 0 Å². The van der Waals surface area contributed by atoms with Gasteiger partial charge in [0.25, 0.3) is 5.91 Å². The maximum absolute atomic E-state index is 12.8. The first kappa shape index (κ1) is 18.5. The van der Waals surface area contributed by atoms with Gasteiger partial charge in [-0.25, -0.2) is 9.48 Å². The lowest BCUT2D eigenvalue weighted by atomic mass is 10.0. The van der Waals surface area contributed by atoms with E-state index in [2.05, 4.69) is 10.4 Å². The topological polar surface area (TPSA) is 84.2 Å². The first-order valence-corrected chi connectivity index (χ1v) is 7.36. The highest BCUT2D eigenvalue weighted by Gasteiger charge is 2.30. The van der Waals surface area contributed by atoms with Gasteiger partial charge >= 0.3 is 12.1 Å². The third kappa shape index (κ3) is 4.37. The van der Waals surface area contributed by atoms with E-state index < -0.39 is 29.7 Å². The number of carboxylic acids is 1. The number of carboxylic acid groups (broad SMARTS) is 1. The van der Waals surface area contributed by atoms with E-state index in [0.29, 0.717) is 0 Å². The number of hydrogen-bond acceptors (Lipinski definition) is 3. The third-order valence-electron chi connectivity index (χ3n) is 3.48. The first-order chi connectivity index (χ1) is 11.6. The Labute approximate surface area is 141 Å². The van der Waals surface area contributed by atoms with E-state index in [1.807, 2.05) is 0 Å². The van der Waals surface area contributed by atoms with Crippen LogP contribution in [0.1, 0.15) is 29.9 Å². The molecule has 0 aliphatic carbocycles. The molecule has 2 rings (SSSR count). The lowest BCUT2D eigenvalue weighted by Gasteiger charge is -2.16. The zero-order valence-electron chi connectivity index (χ0n) is 13.4. The molecule has 0 spiro atoms. The molecule has 6 nitrogen and oxygen atoms in total. The molecule has 0 radical (unpaired) electrons. The Kier molecular flexibility index (Phi) is 5.15. The zero-order valence-corrected chi connectivity index (χ0v) is 13.4. The fourth-order valence-corrected chi connectivity index (χ4v) is 2.14. The molecular formula is C16H16F3N3O3. The quantitative estimate of drug-likeness (QED) is 0.864. The summed E-state index contributed by atoms with van der Waals surface area (Å²) in [6, 6.07) is 4.70. The number of carbonyl (C=O) groups is 2. The summed E-state index contributed by atoms with van der Waals surface area (Å²) in [5.74, 6) is -2.24. The number of aliphatic carboxylic acids is 1. The number of nitrogens with one attached hydrogen (secondary N) is 1. The number of halogens is 3. The highest BCUT2D eigenvalue weighted by molar-refractivity contribution is 5.95. The van der Waals surface area contributed by atoms with Crippen molar-refractivity contribution in [2.24, 2.45) is 5.92 Å². The van der Waals surface area contributed by atoms with E-state index in [9.17, 15) is 22.8 Å². The van der Waals surface area contributed by atoms with Crippen molar-refractivity contribution in [2.75, 3.05) is 0 Å². The van der Waals surface area contributed by atoms with Crippen molar-refractivity contribution in [2.45, 2.75) is 26.1 Å². The molecule has 0 fully saturated rings. The molecule has 0 aliphatic heterocycles. The van der Waals surface area contributed by atoms with Gasteiger partial charge in [0.2, 0.25) is 0 Å². The van der Waals surface area contributed by atoms with Crippen LogP contribution in [0.4, 0.5) is 13.2 Å². The van der Waals surface area contributed by atoms with Crippen molar-refractivity contribution < 1.29 is 27.9 Å². The van der Waals surface area contributed by atoms with Crippen LogP contribution in [0.25, 0.3) is 5.69 Å². The molecule has 1 aromatic heterocycles. The lowest BCUT2D eigenvalue weighted by Crippen LogP contribution is -2.44. The Morgan fingerprint density at radius 3 is 2.48 bits per heavy atom. The smallest absolute Gasteiger partial charge is 0.416 e. The maximum Gasteiger partial charge on any atom is 0.416 e. The second-order valence-corrected chi connectivity index (χ2v) is 5.73. The molecule has 0 bridgehead atoms. The molecule has 9 heteroatoms. The van der Waals surface area contributed by atoms with Crippen molar-refractivity contribution in [1.82, 2.24) is 15.1 Å². The Bertz CT molecular complexity index is 784. The van der Waals surface area contributed by atoms with Gasteiger partial charge in [0, 0.05) is 6.20 Å². The number of rotatable bonds is 5. The van der Waals surface area contributed by atoms with Crippen LogP contribution in [0.3, 0.4) is 0 Å². The van der Waals surface area contributed by atoms with E-state index >= 15 is 0 Å². The molecule has 2 aromatic rings. The van der Waals surface area contributed by atoms with Crippen LogP contribution < -0.4 is 5.32 Å². The second kappa shape index (κ2) is 6.96. The molecule has 0 saturated heterocycles. The molecule has 1 aromatic carbocycles. The number of benzene rings is 1. The van der Waals surface area contributed by atoms with Crippen molar-refractivity contribution in [3.05, 3.63) is 47.8 Å². The number of hydrogen-bond donors (Lipinski definition) is 2. The minimum atomic E-state index is -4.49. The Morgan fingerprint density at radius 1 is 1.24 bits per heavy atom. The van der Waals surface area contributed by atoms with E-state index in [-0.39, 0.29) is 17.3 Å². The van der Waals surface area contributed by atoms with Gasteiger partial charge in [-0.15, -0.1) is 0 Å². The van der Waals surface area contributed by atoms with Gasteiger partial charge < -0.3 is 10.4 Å². The molecule has 1 amide bonds. The van der Waals surface area contributed by atoms with E-state index in [4.69, 9.17) is 5.11 Å². The van der Waals surface area contributed by atoms with Crippen molar-refractivity contribution in [3.8, 4) is 5.69 Å². The minimum absolute atomic E-state index is 0.0932. The molecule has 25 heavy (non-hydrogen) atoms. The minimum Gasteiger partial charge on any atom is -0.480 e. The van der Waals surface area contributed by atoms with E-state index in [0.717, 1.165) is 16.8 Å². The van der Waals surface area contributed by atoms with Gasteiger partial charge in [-0.1, -0.05) is 19.9 Å². The van der Waals surface area contributed by atoms with Gasteiger partial charge in [-0.05, 0) is 30.2 Å². The summed E-state index contributed by atoms with van der Waals surface area (Å²) in [6.07, 6.45) is -3.16. The molecule has 1 atom stereocenters. The lowest BCUT2D eigenvalue weighted by molar-refractivity contribution is -0.140.